The van der Waals surface area contributed by atoms with Crippen LogP contribution in [0.4, 0.5) is 0 Å². The van der Waals surface area contributed by atoms with Gasteiger partial charge in [-0.25, -0.2) is 0 Å². The van der Waals surface area contributed by atoms with Crippen molar-refractivity contribution in [2.24, 2.45) is 5.92 Å². The average molecular weight is 251 g/mol. The maximum absolute atomic E-state index is 11.8. The number of thiol groups is 1. The molecule has 1 amide bonds. The van der Waals surface area contributed by atoms with E-state index in [0.717, 1.165) is 37.5 Å². The smallest absolute Gasteiger partial charge is 0.251 e. The largest absolute Gasteiger partial charge is 0.381 e. The van der Waals surface area contributed by atoms with Gasteiger partial charge in [0.15, 0.2) is 0 Å². The number of nitrogens with one attached hydrogen (secondary N) is 1. The standard InChI is InChI=1S/C13H17NO2S/c15-13(11-1-3-12(17)4-2-11)14-9-10-5-7-16-8-6-10/h1-4,10,17H,5-9H2,(H,14,15). The Morgan fingerprint density at radius 1 is 1.29 bits per heavy atom. The predicted octanol–water partition coefficient (Wildman–Crippen LogP) is 2.13. The molecular formula is C13H17NO2S. The summed E-state index contributed by atoms with van der Waals surface area (Å²) in [6.07, 6.45) is 2.08. The van der Waals surface area contributed by atoms with E-state index < -0.39 is 0 Å². The van der Waals surface area contributed by atoms with Crippen molar-refractivity contribution < 1.29 is 9.53 Å². The van der Waals surface area contributed by atoms with Crippen LogP contribution >= 0.6 is 12.6 Å². The molecule has 1 fully saturated rings. The fraction of sp³-hybridized carbons (Fsp3) is 0.462. The van der Waals surface area contributed by atoms with E-state index in [1.807, 2.05) is 12.1 Å². The summed E-state index contributed by atoms with van der Waals surface area (Å²) in [6.45, 7) is 2.37. The van der Waals surface area contributed by atoms with Crippen molar-refractivity contribution in [3.05, 3.63) is 29.8 Å². The molecule has 1 heterocycles. The first-order valence-electron chi connectivity index (χ1n) is 5.90. The minimum absolute atomic E-state index is 0.00942. The van der Waals surface area contributed by atoms with E-state index in [-0.39, 0.29) is 5.91 Å². The van der Waals surface area contributed by atoms with Gasteiger partial charge in [-0.15, -0.1) is 12.6 Å². The molecule has 1 N–H and O–H groups in total. The van der Waals surface area contributed by atoms with Crippen molar-refractivity contribution in [2.45, 2.75) is 17.7 Å². The average Bonchev–Trinajstić information content (AvgIpc) is 2.38. The Kier molecular flexibility index (Phi) is 4.45. The number of hydrogen-bond acceptors (Lipinski definition) is 3. The lowest BCUT2D eigenvalue weighted by Crippen LogP contribution is -2.32. The van der Waals surface area contributed by atoms with Crippen LogP contribution in [0.2, 0.25) is 0 Å². The van der Waals surface area contributed by atoms with Crippen LogP contribution < -0.4 is 5.32 Å². The highest BCUT2D eigenvalue weighted by molar-refractivity contribution is 7.80. The number of benzene rings is 1. The quantitative estimate of drug-likeness (QED) is 0.808. The van der Waals surface area contributed by atoms with Gasteiger partial charge in [0.1, 0.15) is 0 Å². The second kappa shape index (κ2) is 6.07. The van der Waals surface area contributed by atoms with E-state index in [9.17, 15) is 4.79 Å². The Bertz CT molecular complexity index is 372. The van der Waals surface area contributed by atoms with Crippen molar-refractivity contribution in [1.82, 2.24) is 5.32 Å². The van der Waals surface area contributed by atoms with Crippen LogP contribution in [-0.2, 0) is 4.74 Å². The molecule has 1 aliphatic rings. The van der Waals surface area contributed by atoms with Crippen molar-refractivity contribution in [3.8, 4) is 0 Å². The molecule has 3 nitrogen and oxygen atoms in total. The van der Waals surface area contributed by atoms with Crippen LogP contribution in [0.5, 0.6) is 0 Å². The van der Waals surface area contributed by atoms with Gasteiger partial charge in [-0.2, -0.15) is 0 Å². The zero-order valence-corrected chi connectivity index (χ0v) is 10.6. The highest BCUT2D eigenvalue weighted by Gasteiger charge is 2.14. The molecule has 2 rings (SSSR count). The van der Waals surface area contributed by atoms with Gasteiger partial charge >= 0.3 is 0 Å². The maximum Gasteiger partial charge on any atom is 0.251 e. The van der Waals surface area contributed by atoms with Crippen LogP contribution in [-0.4, -0.2) is 25.7 Å². The van der Waals surface area contributed by atoms with Crippen LogP contribution in [0.15, 0.2) is 29.2 Å². The number of amides is 1. The third kappa shape index (κ3) is 3.75. The third-order valence-electron chi connectivity index (χ3n) is 3.02. The molecule has 17 heavy (non-hydrogen) atoms. The van der Waals surface area contributed by atoms with Gasteiger partial charge in [-0.3, -0.25) is 4.79 Å². The molecule has 1 saturated heterocycles. The third-order valence-corrected chi connectivity index (χ3v) is 3.32. The molecule has 4 heteroatoms. The molecule has 0 spiro atoms. The Labute approximate surface area is 107 Å². The first-order chi connectivity index (χ1) is 8.25. The van der Waals surface area contributed by atoms with Crippen molar-refractivity contribution >= 4 is 18.5 Å². The fourth-order valence-electron chi connectivity index (χ4n) is 1.90. The van der Waals surface area contributed by atoms with Gasteiger partial charge in [0, 0.05) is 30.2 Å². The molecular weight excluding hydrogens is 234 g/mol. The number of carbonyl (C=O) groups is 1. The Morgan fingerprint density at radius 2 is 1.94 bits per heavy atom. The Hall–Kier alpha value is -1.00. The monoisotopic (exact) mass is 251 g/mol. The molecule has 0 radical (unpaired) electrons. The summed E-state index contributed by atoms with van der Waals surface area (Å²) in [4.78, 5) is 12.7. The summed E-state index contributed by atoms with van der Waals surface area (Å²) in [6, 6.07) is 7.24. The second-order valence-electron chi connectivity index (χ2n) is 4.31. The molecule has 0 atom stereocenters. The lowest BCUT2D eigenvalue weighted by atomic mass is 10.0. The zero-order chi connectivity index (χ0) is 12.1. The van der Waals surface area contributed by atoms with E-state index in [4.69, 9.17) is 4.74 Å². The van der Waals surface area contributed by atoms with Crippen LogP contribution in [0.1, 0.15) is 23.2 Å². The van der Waals surface area contributed by atoms with Gasteiger partial charge in [0.05, 0.1) is 0 Å². The first-order valence-corrected chi connectivity index (χ1v) is 6.35. The van der Waals surface area contributed by atoms with Crippen LogP contribution in [0, 0.1) is 5.92 Å². The number of rotatable bonds is 3. The minimum Gasteiger partial charge on any atom is -0.381 e. The highest BCUT2D eigenvalue weighted by Crippen LogP contribution is 2.13. The van der Waals surface area contributed by atoms with E-state index in [2.05, 4.69) is 17.9 Å². The summed E-state index contributed by atoms with van der Waals surface area (Å²) in [5.41, 5.74) is 0.690. The van der Waals surface area contributed by atoms with E-state index in [1.54, 1.807) is 12.1 Å². The summed E-state index contributed by atoms with van der Waals surface area (Å²) in [7, 11) is 0. The normalized spacial score (nSPS) is 16.8. The highest BCUT2D eigenvalue weighted by atomic mass is 32.1. The SMILES string of the molecule is O=C(NCC1CCOCC1)c1ccc(S)cc1. The van der Waals surface area contributed by atoms with Gasteiger partial charge < -0.3 is 10.1 Å². The number of hydrogen-bond donors (Lipinski definition) is 2. The van der Waals surface area contributed by atoms with Gasteiger partial charge in [0.2, 0.25) is 0 Å². The molecule has 1 aromatic carbocycles. The van der Waals surface area contributed by atoms with Gasteiger partial charge in [0.25, 0.3) is 5.91 Å². The molecule has 0 saturated carbocycles. The maximum atomic E-state index is 11.8. The van der Waals surface area contributed by atoms with Crippen molar-refractivity contribution in [3.63, 3.8) is 0 Å². The van der Waals surface area contributed by atoms with Crippen molar-refractivity contribution in [1.29, 1.82) is 0 Å². The van der Waals surface area contributed by atoms with Crippen LogP contribution in [0.3, 0.4) is 0 Å². The number of ether oxygens (including phenoxy) is 1. The van der Waals surface area contributed by atoms with E-state index in [0.29, 0.717) is 11.5 Å². The molecule has 0 aliphatic carbocycles. The summed E-state index contributed by atoms with van der Waals surface area (Å²) in [5.74, 6) is 0.543. The minimum atomic E-state index is -0.00942. The Balaban J connectivity index is 1.82. The Morgan fingerprint density at radius 3 is 2.59 bits per heavy atom. The van der Waals surface area contributed by atoms with Gasteiger partial charge in [-0.1, -0.05) is 0 Å². The lowest BCUT2D eigenvalue weighted by molar-refractivity contribution is 0.0642. The topological polar surface area (TPSA) is 38.3 Å². The summed E-state index contributed by atoms with van der Waals surface area (Å²) >= 11 is 4.19. The predicted molar refractivity (Wildman–Crippen MR) is 69.6 cm³/mol. The van der Waals surface area contributed by atoms with E-state index in [1.165, 1.54) is 0 Å². The summed E-state index contributed by atoms with van der Waals surface area (Å²) < 4.78 is 5.28. The first kappa shape index (κ1) is 12.5. The molecule has 1 aliphatic heterocycles. The molecule has 0 unspecified atom stereocenters. The van der Waals surface area contributed by atoms with Gasteiger partial charge in [-0.05, 0) is 43.0 Å². The molecule has 0 aromatic heterocycles. The summed E-state index contributed by atoms with van der Waals surface area (Å²) in [5, 5.41) is 2.97. The fourth-order valence-corrected chi connectivity index (χ4v) is 2.05. The molecule has 0 bridgehead atoms. The second-order valence-corrected chi connectivity index (χ2v) is 4.83. The van der Waals surface area contributed by atoms with Crippen molar-refractivity contribution in [2.75, 3.05) is 19.8 Å². The molecule has 1 aromatic rings. The lowest BCUT2D eigenvalue weighted by Gasteiger charge is -2.22. The number of carbonyl (C=O) groups excluding carboxylic acids is 1. The van der Waals surface area contributed by atoms with E-state index >= 15 is 0 Å². The van der Waals surface area contributed by atoms with Crippen LogP contribution in [0.25, 0.3) is 0 Å². The zero-order valence-electron chi connectivity index (χ0n) is 9.69. The molecule has 92 valence electrons.